The summed E-state index contributed by atoms with van der Waals surface area (Å²) in [6.45, 7) is 0.536. The zero-order valence-electron chi connectivity index (χ0n) is 19.0. The van der Waals surface area contributed by atoms with Gasteiger partial charge in [-0.05, 0) is 56.6 Å². The fraction of sp³-hybridized carbons (Fsp3) is 0.652. The number of carbonyl (C=O) groups excluding carboxylic acids is 1. The van der Waals surface area contributed by atoms with Gasteiger partial charge in [-0.25, -0.2) is 14.5 Å². The Labute approximate surface area is 188 Å². The number of ether oxygens (including phenoxy) is 2. The molecule has 1 amide bonds. The molecular weight excluding hydrogens is 410 g/mol. The number of aromatic nitrogens is 4. The first kappa shape index (κ1) is 22.5. The summed E-state index contributed by atoms with van der Waals surface area (Å²) in [5, 5.41) is 18.2. The summed E-state index contributed by atoms with van der Waals surface area (Å²) >= 11 is 0. The van der Waals surface area contributed by atoms with Crippen molar-refractivity contribution < 1.29 is 19.4 Å². The number of aryl methyl sites for hydroxylation is 1. The molecule has 0 aliphatic heterocycles. The van der Waals surface area contributed by atoms with Gasteiger partial charge in [0.1, 0.15) is 29.4 Å². The van der Waals surface area contributed by atoms with Crippen molar-refractivity contribution in [3.8, 4) is 17.1 Å². The molecule has 0 aromatic carbocycles. The van der Waals surface area contributed by atoms with Crippen LogP contribution in [0.3, 0.4) is 0 Å². The Morgan fingerprint density at radius 3 is 2.66 bits per heavy atom. The summed E-state index contributed by atoms with van der Waals surface area (Å²) in [6, 6.07) is 3.65. The van der Waals surface area contributed by atoms with E-state index in [0.717, 1.165) is 19.4 Å². The molecule has 2 aliphatic carbocycles. The second-order valence-electron chi connectivity index (χ2n) is 8.92. The quantitative estimate of drug-likeness (QED) is 0.666. The van der Waals surface area contributed by atoms with Crippen molar-refractivity contribution in [1.29, 1.82) is 0 Å². The smallest absolute Gasteiger partial charge is 0.409 e. The van der Waals surface area contributed by atoms with E-state index in [0.29, 0.717) is 34.4 Å². The van der Waals surface area contributed by atoms with Crippen LogP contribution in [0.15, 0.2) is 12.1 Å². The molecule has 174 valence electrons. The van der Waals surface area contributed by atoms with Gasteiger partial charge in [-0.2, -0.15) is 0 Å². The normalized spacial score (nSPS) is 17.1. The minimum atomic E-state index is -0.357. The molecule has 2 aromatic rings. The van der Waals surface area contributed by atoms with Crippen molar-refractivity contribution in [2.45, 2.75) is 70.7 Å². The van der Waals surface area contributed by atoms with Crippen molar-refractivity contribution in [3.63, 3.8) is 0 Å². The lowest BCUT2D eigenvalue weighted by Crippen LogP contribution is -2.34. The van der Waals surface area contributed by atoms with E-state index in [9.17, 15) is 9.90 Å². The predicted octanol–water partition coefficient (Wildman–Crippen LogP) is 3.45. The Balaban J connectivity index is 1.44. The molecule has 9 heteroatoms. The molecular formula is C23H33N5O4. The Morgan fingerprint density at radius 1 is 1.19 bits per heavy atom. The van der Waals surface area contributed by atoms with Crippen molar-refractivity contribution >= 4 is 6.09 Å². The van der Waals surface area contributed by atoms with Crippen LogP contribution in [0.4, 0.5) is 4.79 Å². The molecule has 0 atom stereocenters. The number of carbonyl (C=O) groups is 1. The average molecular weight is 444 g/mol. The Kier molecular flexibility index (Phi) is 7.24. The standard InChI is InChI=1S/C23H33N5O4/c1-27(13-16-7-6-8-16)23(30)31-15-20-22(25-26-28(20)2)18-11-12-21(19(14-29)24-18)32-17-9-4-3-5-10-17/h11-12,16-17,29H,3-10,13-15H2,1-2H3. The van der Waals surface area contributed by atoms with Crippen LogP contribution in [0.5, 0.6) is 5.75 Å². The summed E-state index contributed by atoms with van der Waals surface area (Å²) < 4.78 is 13.2. The monoisotopic (exact) mass is 443 g/mol. The van der Waals surface area contributed by atoms with Crippen LogP contribution < -0.4 is 4.74 Å². The Morgan fingerprint density at radius 2 is 1.97 bits per heavy atom. The molecule has 2 heterocycles. The van der Waals surface area contributed by atoms with Gasteiger partial charge in [-0.3, -0.25) is 0 Å². The fourth-order valence-electron chi connectivity index (χ4n) is 4.32. The minimum absolute atomic E-state index is 0.0448. The van der Waals surface area contributed by atoms with Crippen LogP contribution in [0.1, 0.15) is 62.8 Å². The minimum Gasteiger partial charge on any atom is -0.488 e. The van der Waals surface area contributed by atoms with Crippen LogP contribution in [-0.4, -0.2) is 55.8 Å². The van der Waals surface area contributed by atoms with E-state index in [4.69, 9.17) is 9.47 Å². The lowest BCUT2D eigenvalue weighted by Gasteiger charge is -2.29. The summed E-state index contributed by atoms with van der Waals surface area (Å²) in [4.78, 5) is 18.6. The van der Waals surface area contributed by atoms with Crippen molar-refractivity contribution in [3.05, 3.63) is 23.5 Å². The van der Waals surface area contributed by atoms with Crippen molar-refractivity contribution in [2.24, 2.45) is 13.0 Å². The largest absolute Gasteiger partial charge is 0.488 e. The third-order valence-corrected chi connectivity index (χ3v) is 6.51. The summed E-state index contributed by atoms with van der Waals surface area (Å²) in [6.07, 6.45) is 9.05. The molecule has 2 aromatic heterocycles. The maximum absolute atomic E-state index is 12.4. The molecule has 0 unspecified atom stereocenters. The first-order chi connectivity index (χ1) is 15.5. The molecule has 0 bridgehead atoms. The van der Waals surface area contributed by atoms with Crippen LogP contribution in [0.25, 0.3) is 11.4 Å². The van der Waals surface area contributed by atoms with Gasteiger partial charge in [0.25, 0.3) is 0 Å². The number of aliphatic hydroxyl groups is 1. The Hall–Kier alpha value is -2.68. The zero-order chi connectivity index (χ0) is 22.5. The highest BCUT2D eigenvalue weighted by atomic mass is 16.6. The van der Waals surface area contributed by atoms with E-state index >= 15 is 0 Å². The van der Waals surface area contributed by atoms with Gasteiger partial charge in [-0.1, -0.05) is 18.1 Å². The van der Waals surface area contributed by atoms with Gasteiger partial charge in [-0.15, -0.1) is 5.10 Å². The van der Waals surface area contributed by atoms with Gasteiger partial charge in [0, 0.05) is 20.6 Å². The predicted molar refractivity (Wildman–Crippen MR) is 118 cm³/mol. The fourth-order valence-corrected chi connectivity index (χ4v) is 4.32. The highest BCUT2D eigenvalue weighted by Gasteiger charge is 2.24. The van der Waals surface area contributed by atoms with E-state index in [1.807, 2.05) is 12.1 Å². The first-order valence-corrected chi connectivity index (χ1v) is 11.6. The number of hydrogen-bond acceptors (Lipinski definition) is 7. The number of nitrogens with zero attached hydrogens (tertiary/aromatic N) is 5. The van der Waals surface area contributed by atoms with E-state index in [1.165, 1.54) is 38.5 Å². The third-order valence-electron chi connectivity index (χ3n) is 6.51. The number of hydrogen-bond donors (Lipinski definition) is 1. The van der Waals surface area contributed by atoms with Crippen LogP contribution in [0.2, 0.25) is 0 Å². The molecule has 9 nitrogen and oxygen atoms in total. The summed E-state index contributed by atoms with van der Waals surface area (Å²) in [5.74, 6) is 1.19. The SMILES string of the molecule is CN(CC1CCC1)C(=O)OCc1c(-c2ccc(OC3CCCCC3)c(CO)n2)nnn1C. The molecule has 32 heavy (non-hydrogen) atoms. The van der Waals surface area contributed by atoms with Crippen LogP contribution >= 0.6 is 0 Å². The molecule has 0 spiro atoms. The third kappa shape index (κ3) is 5.20. The molecule has 0 saturated heterocycles. The van der Waals surface area contributed by atoms with Crippen LogP contribution in [0, 0.1) is 5.92 Å². The van der Waals surface area contributed by atoms with Crippen molar-refractivity contribution in [1.82, 2.24) is 24.9 Å². The van der Waals surface area contributed by atoms with Crippen molar-refractivity contribution in [2.75, 3.05) is 13.6 Å². The second kappa shape index (κ2) is 10.3. The van der Waals surface area contributed by atoms with E-state index < -0.39 is 0 Å². The maximum Gasteiger partial charge on any atom is 0.409 e. The topological polar surface area (TPSA) is 103 Å². The molecule has 0 radical (unpaired) electrons. The van der Waals surface area contributed by atoms with Crippen LogP contribution in [-0.2, 0) is 25.0 Å². The van der Waals surface area contributed by atoms with Gasteiger partial charge >= 0.3 is 6.09 Å². The molecule has 1 N–H and O–H groups in total. The van der Waals surface area contributed by atoms with Gasteiger partial charge in [0.05, 0.1) is 18.4 Å². The molecule has 2 fully saturated rings. The first-order valence-electron chi connectivity index (χ1n) is 11.6. The van der Waals surface area contributed by atoms with E-state index in [2.05, 4.69) is 15.3 Å². The summed E-state index contributed by atoms with van der Waals surface area (Å²) in [5.41, 5.74) is 2.21. The van der Waals surface area contributed by atoms with Gasteiger partial charge < -0.3 is 19.5 Å². The Bertz CT molecular complexity index is 921. The van der Waals surface area contributed by atoms with Gasteiger partial charge in [0.15, 0.2) is 0 Å². The van der Waals surface area contributed by atoms with E-state index in [1.54, 1.807) is 23.7 Å². The highest BCUT2D eigenvalue weighted by molar-refractivity contribution is 5.67. The lowest BCUT2D eigenvalue weighted by atomic mass is 9.85. The summed E-state index contributed by atoms with van der Waals surface area (Å²) in [7, 11) is 3.52. The van der Waals surface area contributed by atoms with E-state index in [-0.39, 0.29) is 25.4 Å². The molecule has 4 rings (SSSR count). The molecule has 2 saturated carbocycles. The average Bonchev–Trinajstić information content (AvgIpc) is 3.15. The number of aliphatic hydroxyl groups excluding tert-OH is 1. The zero-order valence-corrected chi connectivity index (χ0v) is 19.0. The number of amides is 1. The lowest BCUT2D eigenvalue weighted by molar-refractivity contribution is 0.0913. The number of rotatable bonds is 8. The van der Waals surface area contributed by atoms with Gasteiger partial charge in [0.2, 0.25) is 0 Å². The highest BCUT2D eigenvalue weighted by Crippen LogP contribution is 2.29. The molecule has 2 aliphatic rings. The number of pyridine rings is 1. The second-order valence-corrected chi connectivity index (χ2v) is 8.92. The maximum atomic E-state index is 12.4.